The van der Waals surface area contributed by atoms with E-state index < -0.39 is 6.10 Å². The Morgan fingerprint density at radius 2 is 1.98 bits per heavy atom. The molecule has 6 N–H and O–H groups in total. The fourth-order valence-electron chi connectivity index (χ4n) is 3.87. The Bertz CT molecular complexity index is 1040. The van der Waals surface area contributed by atoms with E-state index in [1.807, 2.05) is 12.5 Å². The number of nitrogens with one attached hydrogen (secondary N) is 2. The molecule has 246 valence electrons. The smallest absolute Gasteiger partial charge is 0.251 e. The van der Waals surface area contributed by atoms with Gasteiger partial charge in [-0.3, -0.25) is 9.59 Å². The van der Waals surface area contributed by atoms with Gasteiger partial charge in [0.2, 0.25) is 13.2 Å². The van der Waals surface area contributed by atoms with Crippen LogP contribution >= 0.6 is 43.2 Å². The number of carbonyl (C=O) groups is 2. The first-order valence-electron chi connectivity index (χ1n) is 14.0. The molecule has 0 aliphatic carbocycles. The minimum atomic E-state index is -0.459. The van der Waals surface area contributed by atoms with Crippen LogP contribution in [0.3, 0.4) is 0 Å². The van der Waals surface area contributed by atoms with Crippen molar-refractivity contribution in [3.8, 4) is 17.5 Å². The van der Waals surface area contributed by atoms with Crippen molar-refractivity contribution in [1.82, 2.24) is 10.6 Å². The Hall–Kier alpha value is -1.30. The van der Waals surface area contributed by atoms with E-state index in [-0.39, 0.29) is 81.0 Å². The number of benzene rings is 1. The maximum atomic E-state index is 12.1. The zero-order chi connectivity index (χ0) is 32.0. The summed E-state index contributed by atoms with van der Waals surface area (Å²) < 4.78 is 28.8. The Kier molecular flexibility index (Phi) is 21.2. The summed E-state index contributed by atoms with van der Waals surface area (Å²) in [5.41, 5.74) is 5.25. The Balaban J connectivity index is 1.61. The van der Waals surface area contributed by atoms with Crippen LogP contribution in [-0.4, -0.2) is 130 Å². The van der Waals surface area contributed by atoms with Gasteiger partial charge in [0, 0.05) is 24.7 Å². The first-order valence-corrected chi connectivity index (χ1v) is 19.2. The summed E-state index contributed by atoms with van der Waals surface area (Å²) in [5, 5.41) is 24.5. The molecule has 2 rings (SSSR count). The van der Waals surface area contributed by atoms with Crippen molar-refractivity contribution in [2.45, 2.75) is 35.5 Å². The number of hydrogen-bond donors (Lipinski definition) is 5. The zero-order valence-electron chi connectivity index (χ0n) is 24.9. The van der Waals surface area contributed by atoms with E-state index in [1.54, 1.807) is 24.3 Å². The van der Waals surface area contributed by atoms with Gasteiger partial charge in [-0.2, -0.15) is 5.82 Å². The van der Waals surface area contributed by atoms with Gasteiger partial charge in [-0.1, -0.05) is 55.2 Å². The summed E-state index contributed by atoms with van der Waals surface area (Å²) in [7, 11) is 6.40. The predicted octanol–water partition coefficient (Wildman–Crippen LogP) is 0.460. The second kappa shape index (κ2) is 24.0. The summed E-state index contributed by atoms with van der Waals surface area (Å²) in [5.74, 6) is 5.94. The lowest BCUT2D eigenvalue weighted by atomic mass is 9.71. The SMILES string of the molecule is CSSC(COc1cccc(C(=O)NCCN)c1)OCCOCC(=O)NCC#CB[C@H]1C[C@@H](O[C@@H](CO)SSC)C(CO)O1. The van der Waals surface area contributed by atoms with Gasteiger partial charge in [0.05, 0.1) is 39.1 Å². The zero-order valence-corrected chi connectivity index (χ0v) is 28.2. The van der Waals surface area contributed by atoms with Crippen molar-refractivity contribution in [3.63, 3.8) is 0 Å². The molecule has 1 aliphatic heterocycles. The van der Waals surface area contributed by atoms with Crippen molar-refractivity contribution in [1.29, 1.82) is 0 Å². The molecule has 0 saturated carbocycles. The van der Waals surface area contributed by atoms with Crippen molar-refractivity contribution >= 4 is 62.3 Å². The second-order valence-corrected chi connectivity index (χ2v) is 14.4. The van der Waals surface area contributed by atoms with Gasteiger partial charge < -0.3 is 50.3 Å². The van der Waals surface area contributed by atoms with E-state index in [9.17, 15) is 19.8 Å². The molecule has 1 aromatic rings. The summed E-state index contributed by atoms with van der Waals surface area (Å²) in [4.78, 5) is 24.2. The van der Waals surface area contributed by atoms with Gasteiger partial charge in [-0.05, 0) is 37.1 Å². The minimum Gasteiger partial charge on any atom is -0.490 e. The van der Waals surface area contributed by atoms with Crippen LogP contribution in [0.1, 0.15) is 16.8 Å². The lowest BCUT2D eigenvalue weighted by Gasteiger charge is -2.21. The molecule has 0 radical (unpaired) electrons. The molecule has 12 nitrogen and oxygen atoms in total. The number of amides is 2. The van der Waals surface area contributed by atoms with Crippen LogP contribution in [0.2, 0.25) is 0 Å². The minimum absolute atomic E-state index is 0.121. The van der Waals surface area contributed by atoms with Gasteiger partial charge in [0.15, 0.2) is 0 Å². The molecule has 0 spiro atoms. The predicted molar refractivity (Wildman–Crippen MR) is 180 cm³/mol. The average molecular weight is 692 g/mol. The van der Waals surface area contributed by atoms with Crippen molar-refractivity contribution < 1.29 is 43.5 Å². The van der Waals surface area contributed by atoms with Gasteiger partial charge >= 0.3 is 0 Å². The van der Waals surface area contributed by atoms with Crippen molar-refractivity contribution in [2.75, 3.05) is 71.8 Å². The average Bonchev–Trinajstić information content (AvgIpc) is 3.43. The van der Waals surface area contributed by atoms with Crippen LogP contribution < -0.4 is 21.1 Å². The molecule has 2 amide bonds. The van der Waals surface area contributed by atoms with Gasteiger partial charge in [-0.25, -0.2) is 0 Å². The monoisotopic (exact) mass is 691 g/mol. The quantitative estimate of drug-likeness (QED) is 0.0374. The van der Waals surface area contributed by atoms with Gasteiger partial charge in [0.1, 0.15) is 35.9 Å². The fraction of sp³-hybridized carbons (Fsp3) is 0.630. The first-order chi connectivity index (χ1) is 21.4. The van der Waals surface area contributed by atoms with E-state index in [4.69, 9.17) is 29.4 Å². The standard InChI is InChI=1S/C27H42BN3O9S4/c1-41-43-25(16-33)40-21-14-23(39-22(21)15-32)28-7-4-9-30-24(34)17-36-11-12-37-26(44-42-2)18-38-20-6-3-5-19(13-20)27(35)31-10-8-29/h3,5-6,13,21-23,25-26,28,32-33H,8-12,14-18,29H2,1-2H3,(H,30,34)(H,31,35)/t21-,22?,23-,25-,26?/m1/s1. The number of aliphatic hydroxyl groups excluding tert-OH is 2. The largest absolute Gasteiger partial charge is 0.490 e. The van der Waals surface area contributed by atoms with E-state index in [0.29, 0.717) is 38.1 Å². The maximum absolute atomic E-state index is 12.1. The maximum Gasteiger partial charge on any atom is 0.251 e. The summed E-state index contributed by atoms with van der Waals surface area (Å²) >= 11 is 0. The van der Waals surface area contributed by atoms with Crippen LogP contribution in [0.25, 0.3) is 0 Å². The highest BCUT2D eigenvalue weighted by molar-refractivity contribution is 8.76. The summed E-state index contributed by atoms with van der Waals surface area (Å²) in [6.07, 6.45) is 3.63. The lowest BCUT2D eigenvalue weighted by Crippen LogP contribution is -2.31. The summed E-state index contributed by atoms with van der Waals surface area (Å²) in [6, 6.07) is 6.70. The topological polar surface area (TPSA) is 171 Å². The molecule has 1 heterocycles. The fourth-order valence-corrected chi connectivity index (χ4v) is 6.76. The normalized spacial score (nSPS) is 19.0. The van der Waals surface area contributed by atoms with E-state index in [2.05, 4.69) is 22.4 Å². The van der Waals surface area contributed by atoms with E-state index in [1.165, 1.54) is 43.2 Å². The third-order valence-electron chi connectivity index (χ3n) is 5.85. The van der Waals surface area contributed by atoms with Crippen LogP contribution in [0.5, 0.6) is 5.75 Å². The van der Waals surface area contributed by atoms with Crippen LogP contribution in [0.4, 0.5) is 0 Å². The highest BCUT2D eigenvalue weighted by Gasteiger charge is 2.37. The molecule has 1 aromatic carbocycles. The molecule has 1 saturated heterocycles. The molecule has 2 unspecified atom stereocenters. The molecule has 17 heteroatoms. The van der Waals surface area contributed by atoms with Crippen molar-refractivity contribution in [3.05, 3.63) is 29.8 Å². The first kappa shape index (κ1) is 38.9. The number of rotatable bonds is 22. The van der Waals surface area contributed by atoms with Crippen molar-refractivity contribution in [2.24, 2.45) is 5.73 Å². The molecule has 0 aromatic heterocycles. The molecule has 1 aliphatic rings. The van der Waals surface area contributed by atoms with E-state index in [0.717, 1.165) is 0 Å². The molecule has 1 fully saturated rings. The highest BCUT2D eigenvalue weighted by atomic mass is 33.1. The second-order valence-electron chi connectivity index (χ2n) is 9.10. The number of ether oxygens (including phenoxy) is 5. The molecule has 44 heavy (non-hydrogen) atoms. The van der Waals surface area contributed by atoms with Crippen LogP contribution in [0, 0.1) is 11.7 Å². The summed E-state index contributed by atoms with van der Waals surface area (Å²) in [6.45, 7) is 1.28. The third-order valence-corrected chi connectivity index (χ3v) is 9.63. The number of carbonyl (C=O) groups excluding carboxylic acids is 2. The van der Waals surface area contributed by atoms with Crippen LogP contribution in [0.15, 0.2) is 24.3 Å². The molecule has 0 bridgehead atoms. The van der Waals surface area contributed by atoms with Crippen LogP contribution in [-0.2, 0) is 23.7 Å². The molecular formula is C27H42BN3O9S4. The van der Waals surface area contributed by atoms with Gasteiger partial charge in [0.25, 0.3) is 5.91 Å². The molecular weight excluding hydrogens is 649 g/mol. The third kappa shape index (κ3) is 15.8. The molecule has 5 atom stereocenters. The number of nitrogens with two attached hydrogens (primary N) is 1. The van der Waals surface area contributed by atoms with E-state index >= 15 is 0 Å². The Morgan fingerprint density at radius 1 is 1.18 bits per heavy atom. The highest BCUT2D eigenvalue weighted by Crippen LogP contribution is 2.30. The Labute approximate surface area is 275 Å². The Morgan fingerprint density at radius 3 is 2.70 bits per heavy atom. The van der Waals surface area contributed by atoms with Gasteiger partial charge in [-0.15, -0.1) is 0 Å². The lowest BCUT2D eigenvalue weighted by molar-refractivity contribution is -0.126. The number of hydrogen-bond acceptors (Lipinski definition) is 14. The number of aliphatic hydroxyl groups is 2.